The number of nitriles is 1. The molecule has 0 bridgehead atoms. The largest absolute Gasteiger partial charge is 0.229 e. The zero-order valence-corrected chi connectivity index (χ0v) is 11.0. The Hall–Kier alpha value is -2.22. The van der Waals surface area contributed by atoms with Crippen LogP contribution in [0.4, 0.5) is 0 Å². The Kier molecular flexibility index (Phi) is 2.87. The van der Waals surface area contributed by atoms with Gasteiger partial charge in [0.15, 0.2) is 5.82 Å². The molecule has 0 aliphatic rings. The van der Waals surface area contributed by atoms with Gasteiger partial charge < -0.3 is 0 Å². The Morgan fingerprint density at radius 3 is 2.44 bits per heavy atom. The molecule has 0 unspecified atom stereocenters. The molecule has 0 atom stereocenters. The minimum atomic E-state index is -0.0202. The Morgan fingerprint density at radius 2 is 1.94 bits per heavy atom. The van der Waals surface area contributed by atoms with Crippen LogP contribution in [0.25, 0.3) is 11.4 Å². The molecule has 92 valence electrons. The fraction of sp³-hybridized carbons (Fsp3) is 0.385. The van der Waals surface area contributed by atoms with Gasteiger partial charge in [-0.1, -0.05) is 20.8 Å². The second-order valence-corrected chi connectivity index (χ2v) is 5.29. The van der Waals surface area contributed by atoms with Crippen LogP contribution in [0.3, 0.4) is 0 Å². The molecule has 1 aromatic carbocycles. The minimum Gasteiger partial charge on any atom is -0.229 e. The molecule has 2 aromatic rings. The summed E-state index contributed by atoms with van der Waals surface area (Å²) in [5, 5.41) is 20.5. The summed E-state index contributed by atoms with van der Waals surface area (Å²) in [7, 11) is 1.78. The van der Waals surface area contributed by atoms with Crippen molar-refractivity contribution in [1.82, 2.24) is 20.2 Å². The molecule has 0 saturated heterocycles. The van der Waals surface area contributed by atoms with Crippen molar-refractivity contribution in [2.75, 3.05) is 0 Å². The van der Waals surface area contributed by atoms with Gasteiger partial charge in [-0.3, -0.25) is 0 Å². The molecular weight excluding hydrogens is 226 g/mol. The molecule has 0 saturated carbocycles. The van der Waals surface area contributed by atoms with E-state index in [-0.39, 0.29) is 5.41 Å². The van der Waals surface area contributed by atoms with Crippen LogP contribution in [0.15, 0.2) is 18.2 Å². The highest BCUT2D eigenvalue weighted by Gasteiger charge is 2.17. The van der Waals surface area contributed by atoms with Gasteiger partial charge in [-0.25, -0.2) is 4.68 Å². The van der Waals surface area contributed by atoms with Crippen LogP contribution in [0.2, 0.25) is 0 Å². The number of hydrogen-bond donors (Lipinski definition) is 0. The number of benzene rings is 1. The van der Waals surface area contributed by atoms with Crippen LogP contribution < -0.4 is 0 Å². The first-order chi connectivity index (χ1) is 8.41. The molecule has 0 amide bonds. The second-order valence-electron chi connectivity index (χ2n) is 5.29. The average Bonchev–Trinajstić information content (AvgIpc) is 2.73. The monoisotopic (exact) mass is 241 g/mol. The maximum atomic E-state index is 9.11. The standard InChI is InChI=1S/C13H15N5/c1-13(2,3)11-6-9(8-14)5-10(7-11)12-15-16-17-18(12)4/h5-7H,1-4H3. The summed E-state index contributed by atoms with van der Waals surface area (Å²) in [6.45, 7) is 6.34. The van der Waals surface area contributed by atoms with Crippen LogP contribution in [0.5, 0.6) is 0 Å². The molecule has 18 heavy (non-hydrogen) atoms. The van der Waals surface area contributed by atoms with Crippen LogP contribution in [0, 0.1) is 11.3 Å². The smallest absolute Gasteiger partial charge is 0.181 e. The fourth-order valence-corrected chi connectivity index (χ4v) is 1.73. The van der Waals surface area contributed by atoms with Crippen molar-refractivity contribution in [2.45, 2.75) is 26.2 Å². The van der Waals surface area contributed by atoms with Gasteiger partial charge in [0.2, 0.25) is 0 Å². The maximum absolute atomic E-state index is 9.11. The van der Waals surface area contributed by atoms with Crippen molar-refractivity contribution in [3.63, 3.8) is 0 Å². The highest BCUT2D eigenvalue weighted by atomic mass is 15.5. The van der Waals surface area contributed by atoms with Crippen molar-refractivity contribution in [3.05, 3.63) is 29.3 Å². The zero-order valence-electron chi connectivity index (χ0n) is 11.0. The van der Waals surface area contributed by atoms with Gasteiger partial charge in [-0.2, -0.15) is 5.26 Å². The lowest BCUT2D eigenvalue weighted by molar-refractivity contribution is 0.590. The third kappa shape index (κ3) is 2.23. The first-order valence-corrected chi connectivity index (χ1v) is 5.70. The van der Waals surface area contributed by atoms with E-state index in [2.05, 4.69) is 42.4 Å². The third-order valence-corrected chi connectivity index (χ3v) is 2.81. The second kappa shape index (κ2) is 4.22. The molecule has 0 radical (unpaired) electrons. The van der Waals surface area contributed by atoms with E-state index in [1.807, 2.05) is 12.1 Å². The molecule has 0 aliphatic heterocycles. The number of rotatable bonds is 1. The molecule has 5 heteroatoms. The lowest BCUT2D eigenvalue weighted by Crippen LogP contribution is -2.11. The third-order valence-electron chi connectivity index (χ3n) is 2.81. The first-order valence-electron chi connectivity index (χ1n) is 5.70. The lowest BCUT2D eigenvalue weighted by atomic mass is 9.85. The molecule has 5 nitrogen and oxygen atoms in total. The summed E-state index contributed by atoms with van der Waals surface area (Å²) < 4.78 is 1.60. The lowest BCUT2D eigenvalue weighted by Gasteiger charge is -2.20. The van der Waals surface area contributed by atoms with E-state index in [4.69, 9.17) is 5.26 Å². The molecule has 0 N–H and O–H groups in total. The van der Waals surface area contributed by atoms with E-state index in [1.165, 1.54) is 0 Å². The number of aryl methyl sites for hydroxylation is 1. The molecule has 2 rings (SSSR count). The highest BCUT2D eigenvalue weighted by molar-refractivity contribution is 5.60. The SMILES string of the molecule is Cn1nnnc1-c1cc(C#N)cc(C(C)(C)C)c1. The number of aromatic nitrogens is 4. The van der Waals surface area contributed by atoms with E-state index in [9.17, 15) is 0 Å². The van der Waals surface area contributed by atoms with Crippen LogP contribution >= 0.6 is 0 Å². The van der Waals surface area contributed by atoms with Crippen LogP contribution in [-0.2, 0) is 12.5 Å². The Labute approximate surface area is 106 Å². The quantitative estimate of drug-likeness (QED) is 0.766. The van der Waals surface area contributed by atoms with Crippen molar-refractivity contribution < 1.29 is 0 Å². The van der Waals surface area contributed by atoms with Gasteiger partial charge in [-0.05, 0) is 39.6 Å². The van der Waals surface area contributed by atoms with Crippen molar-refractivity contribution >= 4 is 0 Å². The van der Waals surface area contributed by atoms with E-state index in [0.29, 0.717) is 11.4 Å². The molecule has 0 spiro atoms. The van der Waals surface area contributed by atoms with Gasteiger partial charge in [0.05, 0.1) is 11.6 Å². The minimum absolute atomic E-state index is 0.0202. The summed E-state index contributed by atoms with van der Waals surface area (Å²) in [5.41, 5.74) is 2.57. The Balaban J connectivity index is 2.63. The van der Waals surface area contributed by atoms with Gasteiger partial charge in [0, 0.05) is 12.6 Å². The van der Waals surface area contributed by atoms with E-state index >= 15 is 0 Å². The normalized spacial score (nSPS) is 11.3. The van der Waals surface area contributed by atoms with E-state index in [1.54, 1.807) is 17.8 Å². The topological polar surface area (TPSA) is 67.4 Å². The average molecular weight is 241 g/mol. The maximum Gasteiger partial charge on any atom is 0.181 e. The van der Waals surface area contributed by atoms with Gasteiger partial charge >= 0.3 is 0 Å². The van der Waals surface area contributed by atoms with Crippen LogP contribution in [-0.4, -0.2) is 20.2 Å². The van der Waals surface area contributed by atoms with Gasteiger partial charge in [-0.15, -0.1) is 5.10 Å². The summed E-state index contributed by atoms with van der Waals surface area (Å²) >= 11 is 0. The summed E-state index contributed by atoms with van der Waals surface area (Å²) in [4.78, 5) is 0. The molecule has 0 fully saturated rings. The zero-order chi connectivity index (χ0) is 13.3. The van der Waals surface area contributed by atoms with Crippen molar-refractivity contribution in [3.8, 4) is 17.5 Å². The van der Waals surface area contributed by atoms with E-state index < -0.39 is 0 Å². The predicted molar refractivity (Wildman–Crippen MR) is 67.6 cm³/mol. The van der Waals surface area contributed by atoms with Gasteiger partial charge in [0.25, 0.3) is 0 Å². The van der Waals surface area contributed by atoms with Crippen LogP contribution in [0.1, 0.15) is 31.9 Å². The highest BCUT2D eigenvalue weighted by Crippen LogP contribution is 2.27. The molecular formula is C13H15N5. The number of tetrazole rings is 1. The summed E-state index contributed by atoms with van der Waals surface area (Å²) in [6.07, 6.45) is 0. The first kappa shape index (κ1) is 12.2. The number of nitrogens with zero attached hydrogens (tertiary/aromatic N) is 5. The number of hydrogen-bond acceptors (Lipinski definition) is 4. The molecule has 1 aromatic heterocycles. The fourth-order valence-electron chi connectivity index (χ4n) is 1.73. The molecule has 1 heterocycles. The predicted octanol–water partition coefficient (Wildman–Crippen LogP) is 2.05. The Bertz CT molecular complexity index is 613. The summed E-state index contributed by atoms with van der Waals surface area (Å²) in [5.74, 6) is 0.664. The Morgan fingerprint density at radius 1 is 1.22 bits per heavy atom. The van der Waals surface area contributed by atoms with E-state index in [0.717, 1.165) is 11.1 Å². The molecule has 0 aliphatic carbocycles. The van der Waals surface area contributed by atoms with Crippen molar-refractivity contribution in [1.29, 1.82) is 5.26 Å². The summed E-state index contributed by atoms with van der Waals surface area (Å²) in [6, 6.07) is 7.93. The van der Waals surface area contributed by atoms with Gasteiger partial charge in [0.1, 0.15) is 0 Å². The van der Waals surface area contributed by atoms with Crippen molar-refractivity contribution in [2.24, 2.45) is 7.05 Å².